The predicted octanol–water partition coefficient (Wildman–Crippen LogP) is 3.98. The molecule has 0 bridgehead atoms. The van der Waals surface area contributed by atoms with Crippen LogP contribution >= 0.6 is 11.8 Å². The summed E-state index contributed by atoms with van der Waals surface area (Å²) in [4.78, 5) is 14.6. The molecule has 2 aromatic carbocycles. The molecule has 0 atom stereocenters. The summed E-state index contributed by atoms with van der Waals surface area (Å²) in [6.45, 7) is 0.536. The lowest BCUT2D eigenvalue weighted by molar-refractivity contribution is -0.112. The number of nitriles is 1. The van der Waals surface area contributed by atoms with Crippen LogP contribution in [0.2, 0.25) is 0 Å². The van der Waals surface area contributed by atoms with E-state index in [9.17, 15) is 18.8 Å². The van der Waals surface area contributed by atoms with E-state index in [1.165, 1.54) is 30.3 Å². The lowest BCUT2D eigenvalue weighted by Crippen LogP contribution is -2.20. The molecule has 0 unspecified atom stereocenters. The molecule has 0 aliphatic carbocycles. The van der Waals surface area contributed by atoms with E-state index in [1.807, 2.05) is 30.1 Å². The van der Waals surface area contributed by atoms with Crippen molar-refractivity contribution < 1.29 is 18.7 Å². The molecule has 0 saturated carbocycles. The van der Waals surface area contributed by atoms with Crippen LogP contribution in [0.4, 0.5) is 20.2 Å². The Kier molecular flexibility index (Phi) is 7.99. The van der Waals surface area contributed by atoms with Gasteiger partial charge in [0.2, 0.25) is 0 Å². The molecule has 5 nitrogen and oxygen atoms in total. The minimum atomic E-state index is -2.51. The first kappa shape index (κ1) is 21.4. The maximum Gasteiger partial charge on any atom is 0.288 e. The molecule has 0 spiro atoms. The number of halogens is 2. The molecule has 0 aliphatic heterocycles. The Hall–Kier alpha value is -2.89. The van der Waals surface area contributed by atoms with Gasteiger partial charge in [-0.25, -0.2) is 0 Å². The summed E-state index contributed by atoms with van der Waals surface area (Å²) in [5.74, 6) is -3.10. The smallest absolute Gasteiger partial charge is 0.288 e. The second-order valence-electron chi connectivity index (χ2n) is 5.76. The number of carbonyl (C=O) groups excluding carboxylic acids is 1. The van der Waals surface area contributed by atoms with Gasteiger partial charge in [-0.3, -0.25) is 4.79 Å². The van der Waals surface area contributed by atoms with Crippen molar-refractivity contribution in [3.05, 3.63) is 59.7 Å². The number of likely N-dealkylation sites (N-methyl/N-ethyl adjacent to an activating group) is 1. The van der Waals surface area contributed by atoms with Crippen molar-refractivity contribution in [2.75, 3.05) is 30.4 Å². The van der Waals surface area contributed by atoms with Gasteiger partial charge < -0.3 is 15.3 Å². The first-order valence-corrected chi connectivity index (χ1v) is 9.21. The van der Waals surface area contributed by atoms with Crippen molar-refractivity contribution in [1.82, 2.24) is 0 Å². The van der Waals surface area contributed by atoms with Gasteiger partial charge in [-0.2, -0.15) is 14.0 Å². The molecule has 2 rings (SSSR count). The van der Waals surface area contributed by atoms with Crippen LogP contribution in [0, 0.1) is 11.3 Å². The number of hydrogen-bond donors (Lipinski definition) is 2. The van der Waals surface area contributed by atoms with Crippen LogP contribution in [0.1, 0.15) is 5.56 Å². The number of carbonyl (C=O) groups is 1. The number of aliphatic hydroxyl groups is 1. The van der Waals surface area contributed by atoms with Gasteiger partial charge in [-0.1, -0.05) is 23.9 Å². The Labute approximate surface area is 166 Å². The van der Waals surface area contributed by atoms with Crippen LogP contribution in [-0.2, 0) is 4.79 Å². The number of alkyl halides is 2. The zero-order chi connectivity index (χ0) is 20.5. The molecule has 0 aromatic heterocycles. The molecular formula is C20H19F2N3O2S. The molecule has 0 fully saturated rings. The van der Waals surface area contributed by atoms with Crippen molar-refractivity contribution in [3.63, 3.8) is 0 Å². The highest BCUT2D eigenvalue weighted by molar-refractivity contribution is 7.99. The van der Waals surface area contributed by atoms with Crippen molar-refractivity contribution >= 4 is 35.1 Å². The van der Waals surface area contributed by atoms with Crippen LogP contribution in [-0.4, -0.2) is 37.0 Å². The number of benzene rings is 2. The van der Waals surface area contributed by atoms with Gasteiger partial charge >= 0.3 is 0 Å². The average molecular weight is 403 g/mol. The SMILES string of the molecule is CN(CCO)c1ccc(/C=C(\C#N)C(=O)Nc2ccc(SC(F)F)cc2)cc1. The summed E-state index contributed by atoms with van der Waals surface area (Å²) in [6.07, 6.45) is 1.46. The van der Waals surface area contributed by atoms with Gasteiger partial charge in [0.25, 0.3) is 11.7 Å². The largest absolute Gasteiger partial charge is 0.395 e. The monoisotopic (exact) mass is 403 g/mol. The maximum absolute atomic E-state index is 12.3. The highest BCUT2D eigenvalue weighted by Gasteiger charge is 2.11. The topological polar surface area (TPSA) is 76.4 Å². The van der Waals surface area contributed by atoms with E-state index in [2.05, 4.69) is 5.32 Å². The van der Waals surface area contributed by atoms with E-state index in [0.717, 1.165) is 5.69 Å². The highest BCUT2D eigenvalue weighted by Crippen LogP contribution is 2.26. The number of anilines is 2. The molecule has 146 valence electrons. The summed E-state index contributed by atoms with van der Waals surface area (Å²) in [5.41, 5.74) is 1.90. The van der Waals surface area contributed by atoms with Crippen LogP contribution in [0.3, 0.4) is 0 Å². The van der Waals surface area contributed by atoms with E-state index in [1.54, 1.807) is 12.1 Å². The van der Waals surface area contributed by atoms with Crippen LogP contribution < -0.4 is 10.2 Å². The second-order valence-corrected chi connectivity index (χ2v) is 6.83. The predicted molar refractivity (Wildman–Crippen MR) is 107 cm³/mol. The summed E-state index contributed by atoms with van der Waals surface area (Å²) >= 11 is 0.418. The molecule has 2 N–H and O–H groups in total. The fourth-order valence-electron chi connectivity index (χ4n) is 2.34. The summed E-state index contributed by atoms with van der Waals surface area (Å²) in [6, 6.07) is 15.0. The number of hydrogen-bond acceptors (Lipinski definition) is 5. The summed E-state index contributed by atoms with van der Waals surface area (Å²) in [5, 5.41) is 20.8. The maximum atomic E-state index is 12.3. The van der Waals surface area contributed by atoms with Crippen molar-refractivity contribution in [1.29, 1.82) is 5.26 Å². The average Bonchev–Trinajstić information content (AvgIpc) is 2.67. The Morgan fingerprint density at radius 3 is 2.43 bits per heavy atom. The minimum absolute atomic E-state index is 0.0404. The Morgan fingerprint density at radius 1 is 1.25 bits per heavy atom. The lowest BCUT2D eigenvalue weighted by Gasteiger charge is -2.17. The third-order valence-electron chi connectivity index (χ3n) is 3.78. The molecule has 0 aliphatic rings. The van der Waals surface area contributed by atoms with Crippen molar-refractivity contribution in [3.8, 4) is 6.07 Å². The summed E-state index contributed by atoms with van der Waals surface area (Å²) in [7, 11) is 1.85. The third kappa shape index (κ3) is 6.37. The summed E-state index contributed by atoms with van der Waals surface area (Å²) < 4.78 is 24.7. The standard InChI is InChI=1S/C20H19F2N3O2S/c1-25(10-11-26)17-6-2-14(3-7-17)12-15(13-23)19(27)24-16-4-8-18(9-5-16)28-20(21)22/h2-9,12,20,26H,10-11H2,1H3,(H,24,27)/b15-12+. The fraction of sp³-hybridized carbons (Fsp3) is 0.200. The van der Waals surface area contributed by atoms with E-state index in [-0.39, 0.29) is 12.2 Å². The number of nitrogens with zero attached hydrogens (tertiary/aromatic N) is 2. The van der Waals surface area contributed by atoms with Gasteiger partial charge in [-0.05, 0) is 48.0 Å². The lowest BCUT2D eigenvalue weighted by atomic mass is 10.1. The zero-order valence-electron chi connectivity index (χ0n) is 15.1. The van der Waals surface area contributed by atoms with Crippen LogP contribution in [0.25, 0.3) is 6.08 Å². The molecule has 2 aromatic rings. The van der Waals surface area contributed by atoms with Crippen molar-refractivity contribution in [2.24, 2.45) is 0 Å². The number of thioether (sulfide) groups is 1. The van der Waals surface area contributed by atoms with Gasteiger partial charge in [0.15, 0.2) is 0 Å². The number of aliphatic hydroxyl groups excluding tert-OH is 1. The van der Waals surface area contributed by atoms with Crippen LogP contribution in [0.5, 0.6) is 0 Å². The number of amides is 1. The van der Waals surface area contributed by atoms with E-state index in [4.69, 9.17) is 5.11 Å². The first-order chi connectivity index (χ1) is 13.4. The first-order valence-electron chi connectivity index (χ1n) is 8.33. The molecule has 1 amide bonds. The molecular weight excluding hydrogens is 384 g/mol. The van der Waals surface area contributed by atoms with Crippen LogP contribution in [0.15, 0.2) is 59.0 Å². The Balaban J connectivity index is 2.07. The zero-order valence-corrected chi connectivity index (χ0v) is 15.9. The third-order valence-corrected chi connectivity index (χ3v) is 4.51. The quantitative estimate of drug-likeness (QED) is 0.396. The highest BCUT2D eigenvalue weighted by atomic mass is 32.2. The van der Waals surface area contributed by atoms with Gasteiger partial charge in [-0.15, -0.1) is 0 Å². The van der Waals surface area contributed by atoms with Gasteiger partial charge in [0.05, 0.1) is 6.61 Å². The Morgan fingerprint density at radius 2 is 1.89 bits per heavy atom. The Bertz CT molecular complexity index is 863. The molecule has 28 heavy (non-hydrogen) atoms. The molecule has 8 heteroatoms. The number of rotatable bonds is 8. The molecule has 0 saturated heterocycles. The minimum Gasteiger partial charge on any atom is -0.395 e. The number of nitrogens with one attached hydrogen (secondary N) is 1. The van der Waals surface area contributed by atoms with Gasteiger partial charge in [0.1, 0.15) is 11.6 Å². The normalized spacial score (nSPS) is 11.2. The second kappa shape index (κ2) is 10.4. The van der Waals surface area contributed by atoms with E-state index < -0.39 is 11.7 Å². The van der Waals surface area contributed by atoms with Crippen molar-refractivity contribution in [2.45, 2.75) is 10.7 Å². The van der Waals surface area contributed by atoms with E-state index in [0.29, 0.717) is 34.5 Å². The molecule has 0 radical (unpaired) electrons. The van der Waals surface area contributed by atoms with E-state index >= 15 is 0 Å². The molecule has 0 heterocycles. The van der Waals surface area contributed by atoms with Gasteiger partial charge in [0, 0.05) is 29.9 Å². The fourth-order valence-corrected chi connectivity index (χ4v) is 2.84.